The van der Waals surface area contributed by atoms with Crippen LogP contribution in [0.3, 0.4) is 0 Å². The lowest BCUT2D eigenvalue weighted by Crippen LogP contribution is -2.46. The Labute approximate surface area is 192 Å². The van der Waals surface area contributed by atoms with Gasteiger partial charge in [-0.1, -0.05) is 23.7 Å². The number of rotatable bonds is 4. The number of hydrogen-bond donors (Lipinski definition) is 3. The second kappa shape index (κ2) is 10.00. The molecule has 13 heteroatoms. The van der Waals surface area contributed by atoms with Gasteiger partial charge in [-0.25, -0.2) is 23.4 Å². The molecule has 6 nitrogen and oxygen atoms in total. The van der Waals surface area contributed by atoms with Crippen LogP contribution in [-0.2, 0) is 12.7 Å². The molecular weight excluding hydrogens is 490 g/mol. The zero-order valence-corrected chi connectivity index (χ0v) is 17.5. The topological polar surface area (TPSA) is 83.1 Å². The Morgan fingerprint density at radius 1 is 0.971 bits per heavy atom. The molecule has 0 saturated carbocycles. The van der Waals surface area contributed by atoms with E-state index in [-0.39, 0.29) is 27.9 Å². The fourth-order valence-corrected chi connectivity index (χ4v) is 2.98. The van der Waals surface area contributed by atoms with Crippen molar-refractivity contribution < 1.29 is 35.9 Å². The molecule has 0 aliphatic heterocycles. The first kappa shape index (κ1) is 24.8. The maximum Gasteiger partial charge on any atom is 0.416 e. The first-order valence-electron chi connectivity index (χ1n) is 9.26. The average Bonchev–Trinajstić information content (AvgIpc) is 2.77. The molecule has 0 aliphatic rings. The summed E-state index contributed by atoms with van der Waals surface area (Å²) in [5.74, 6) is -4.06. The van der Waals surface area contributed by atoms with E-state index in [9.17, 15) is 35.9 Å². The molecule has 0 unspecified atom stereocenters. The van der Waals surface area contributed by atoms with E-state index in [0.29, 0.717) is 12.1 Å². The van der Waals surface area contributed by atoms with Crippen molar-refractivity contribution in [3.8, 4) is 11.1 Å². The van der Waals surface area contributed by atoms with Crippen LogP contribution in [0.25, 0.3) is 11.1 Å². The average molecular weight is 503 g/mol. The van der Waals surface area contributed by atoms with Crippen molar-refractivity contribution in [1.29, 1.82) is 0 Å². The number of hydrogen-bond acceptors (Lipinski definition) is 3. The number of hydrazine groups is 1. The zero-order chi connectivity index (χ0) is 25.0. The van der Waals surface area contributed by atoms with E-state index in [4.69, 9.17) is 11.6 Å². The van der Waals surface area contributed by atoms with Gasteiger partial charge in [-0.2, -0.15) is 13.2 Å². The van der Waals surface area contributed by atoms with Crippen molar-refractivity contribution in [1.82, 2.24) is 21.2 Å². The quantitative estimate of drug-likeness (QED) is 0.347. The van der Waals surface area contributed by atoms with Crippen LogP contribution in [0.4, 0.5) is 31.1 Å². The fraction of sp³-hybridized carbons (Fsp3) is 0.0952. The molecule has 3 amide bonds. The summed E-state index contributed by atoms with van der Waals surface area (Å²) in [5, 5.41) is 1.95. The summed E-state index contributed by atoms with van der Waals surface area (Å²) in [7, 11) is 0. The highest BCUT2D eigenvalue weighted by Crippen LogP contribution is 2.31. The van der Waals surface area contributed by atoms with E-state index in [0.717, 1.165) is 12.1 Å². The van der Waals surface area contributed by atoms with Gasteiger partial charge in [0.15, 0.2) is 0 Å². The Bertz CT molecular complexity index is 1250. The minimum Gasteiger partial charge on any atom is -0.331 e. The molecule has 34 heavy (non-hydrogen) atoms. The van der Waals surface area contributed by atoms with Gasteiger partial charge in [0, 0.05) is 22.9 Å². The Balaban J connectivity index is 1.59. The van der Waals surface area contributed by atoms with Crippen LogP contribution in [0.2, 0.25) is 5.02 Å². The number of carbonyl (C=O) groups excluding carboxylic acids is 2. The van der Waals surface area contributed by atoms with Crippen LogP contribution in [0.5, 0.6) is 0 Å². The number of amides is 3. The molecule has 0 atom stereocenters. The van der Waals surface area contributed by atoms with E-state index in [1.807, 2.05) is 5.43 Å². The Morgan fingerprint density at radius 2 is 1.71 bits per heavy atom. The third kappa shape index (κ3) is 5.95. The lowest BCUT2D eigenvalue weighted by atomic mass is 10.1. The maximum atomic E-state index is 14.4. The van der Waals surface area contributed by atoms with Crippen molar-refractivity contribution in [2.75, 3.05) is 0 Å². The summed E-state index contributed by atoms with van der Waals surface area (Å²) in [6.07, 6.45) is -3.67. The van der Waals surface area contributed by atoms with Gasteiger partial charge in [-0.05, 0) is 30.3 Å². The largest absolute Gasteiger partial charge is 0.416 e. The summed E-state index contributed by atoms with van der Waals surface area (Å²) in [4.78, 5) is 27.6. The summed E-state index contributed by atoms with van der Waals surface area (Å²) >= 11 is 5.87. The molecular formula is C21H13ClF6N4O2. The second-order valence-electron chi connectivity index (χ2n) is 6.74. The van der Waals surface area contributed by atoms with Gasteiger partial charge in [-0.15, -0.1) is 0 Å². The third-order valence-corrected chi connectivity index (χ3v) is 4.76. The lowest BCUT2D eigenvalue weighted by Gasteiger charge is -2.12. The molecule has 3 aromatic rings. The SMILES string of the molecule is O=C(NCc1ncc(-c2cccc(F)c2Cl)cc1F)NNC(=O)c1cc(F)cc(C(F)(F)F)c1. The number of alkyl halides is 3. The van der Waals surface area contributed by atoms with Crippen LogP contribution in [0.1, 0.15) is 21.6 Å². The van der Waals surface area contributed by atoms with Gasteiger partial charge in [0.2, 0.25) is 0 Å². The molecule has 2 aromatic carbocycles. The van der Waals surface area contributed by atoms with Crippen LogP contribution >= 0.6 is 11.6 Å². The molecule has 0 spiro atoms. The number of aromatic nitrogens is 1. The van der Waals surface area contributed by atoms with Crippen LogP contribution in [0, 0.1) is 17.5 Å². The summed E-state index contributed by atoms with van der Waals surface area (Å²) in [6.45, 7) is -0.442. The van der Waals surface area contributed by atoms with Crippen molar-refractivity contribution in [2.45, 2.75) is 12.7 Å². The van der Waals surface area contributed by atoms with Crippen LogP contribution < -0.4 is 16.2 Å². The molecule has 3 N–H and O–H groups in total. The molecule has 1 aromatic heterocycles. The predicted octanol–water partition coefficient (Wildman–Crippen LogP) is 4.98. The molecule has 3 rings (SSSR count). The highest BCUT2D eigenvalue weighted by atomic mass is 35.5. The minimum atomic E-state index is -4.88. The van der Waals surface area contributed by atoms with Crippen LogP contribution in [-0.4, -0.2) is 16.9 Å². The second-order valence-corrected chi connectivity index (χ2v) is 7.12. The predicted molar refractivity (Wildman–Crippen MR) is 109 cm³/mol. The van der Waals surface area contributed by atoms with Gasteiger partial charge in [-0.3, -0.25) is 15.2 Å². The van der Waals surface area contributed by atoms with Crippen molar-refractivity contribution in [2.24, 2.45) is 0 Å². The van der Waals surface area contributed by atoms with Gasteiger partial charge < -0.3 is 5.32 Å². The number of urea groups is 1. The van der Waals surface area contributed by atoms with E-state index in [2.05, 4.69) is 10.3 Å². The van der Waals surface area contributed by atoms with Gasteiger partial charge >= 0.3 is 12.2 Å². The van der Waals surface area contributed by atoms with E-state index in [1.54, 1.807) is 5.43 Å². The molecule has 0 fully saturated rings. The number of benzene rings is 2. The number of pyridine rings is 1. The van der Waals surface area contributed by atoms with E-state index >= 15 is 0 Å². The van der Waals surface area contributed by atoms with Crippen molar-refractivity contribution in [3.05, 3.63) is 88.0 Å². The van der Waals surface area contributed by atoms with Gasteiger partial charge in [0.25, 0.3) is 5.91 Å². The number of nitrogens with one attached hydrogen (secondary N) is 3. The number of nitrogens with zero attached hydrogens (tertiary/aromatic N) is 1. The first-order valence-corrected chi connectivity index (χ1v) is 9.64. The molecule has 178 valence electrons. The highest BCUT2D eigenvalue weighted by Gasteiger charge is 2.32. The molecule has 0 bridgehead atoms. The molecule has 0 saturated heterocycles. The minimum absolute atomic E-state index is 0.191. The van der Waals surface area contributed by atoms with Crippen molar-refractivity contribution in [3.63, 3.8) is 0 Å². The number of carbonyl (C=O) groups is 2. The Kier molecular flexibility index (Phi) is 7.30. The maximum absolute atomic E-state index is 14.4. The van der Waals surface area contributed by atoms with Gasteiger partial charge in [0.1, 0.15) is 17.5 Å². The standard InChI is InChI=1S/C21H13ClF6N4O2/c22-18-14(2-1-3-15(18)24)11-6-16(25)17(29-8-11)9-30-20(34)32-31-19(33)10-4-12(21(26,27)28)7-13(23)5-10/h1-8H,9H2,(H,31,33)(H2,30,32,34). The third-order valence-electron chi connectivity index (χ3n) is 4.37. The summed E-state index contributed by atoms with van der Waals surface area (Å²) in [6, 6.07) is 5.13. The number of halogens is 7. The highest BCUT2D eigenvalue weighted by molar-refractivity contribution is 6.33. The van der Waals surface area contributed by atoms with Crippen molar-refractivity contribution >= 4 is 23.5 Å². The van der Waals surface area contributed by atoms with E-state index < -0.39 is 53.2 Å². The summed E-state index contributed by atoms with van der Waals surface area (Å²) < 4.78 is 79.6. The fourth-order valence-electron chi connectivity index (χ4n) is 2.75. The molecule has 0 radical (unpaired) electrons. The molecule has 1 heterocycles. The first-order chi connectivity index (χ1) is 16.0. The van der Waals surface area contributed by atoms with E-state index in [1.165, 1.54) is 18.3 Å². The summed E-state index contributed by atoms with van der Waals surface area (Å²) in [5.41, 5.74) is 1.75. The molecule has 0 aliphatic carbocycles. The Morgan fingerprint density at radius 3 is 2.38 bits per heavy atom. The monoisotopic (exact) mass is 502 g/mol. The normalized spacial score (nSPS) is 11.1. The van der Waals surface area contributed by atoms with Gasteiger partial charge in [0.05, 0.1) is 22.8 Å². The zero-order valence-electron chi connectivity index (χ0n) is 16.7. The Hall–Kier alpha value is -3.80. The lowest BCUT2D eigenvalue weighted by molar-refractivity contribution is -0.137. The smallest absolute Gasteiger partial charge is 0.331 e. The van der Waals surface area contributed by atoms with Crippen LogP contribution in [0.15, 0.2) is 48.7 Å².